The molecule has 0 unspecified atom stereocenters. The molecule has 0 amide bonds. The molecule has 3 nitrogen and oxygen atoms in total. The van der Waals surface area contributed by atoms with Crippen molar-refractivity contribution in [2.75, 3.05) is 20.3 Å². The van der Waals surface area contributed by atoms with Crippen LogP contribution in [0.3, 0.4) is 0 Å². The third-order valence-electron chi connectivity index (χ3n) is 2.33. The maximum atomic E-state index is 9.04. The van der Waals surface area contributed by atoms with Crippen LogP contribution in [0.4, 0.5) is 0 Å². The van der Waals surface area contributed by atoms with E-state index in [9.17, 15) is 0 Å². The number of benzene rings is 1. The minimum atomic E-state index is 0.125. The molecule has 0 aliphatic carbocycles. The maximum Gasteiger partial charge on any atom is 0.133 e. The molecule has 0 radical (unpaired) electrons. The summed E-state index contributed by atoms with van der Waals surface area (Å²) in [5.74, 6) is 0.942. The van der Waals surface area contributed by atoms with E-state index in [4.69, 9.17) is 15.6 Å². The van der Waals surface area contributed by atoms with E-state index in [0.717, 1.165) is 22.2 Å². The van der Waals surface area contributed by atoms with Crippen LogP contribution >= 0.6 is 15.9 Å². The predicted octanol–water partition coefficient (Wildman–Crippen LogP) is 1.57. The zero-order valence-electron chi connectivity index (χ0n) is 8.74. The Kier molecular flexibility index (Phi) is 5.08. The summed E-state index contributed by atoms with van der Waals surface area (Å²) >= 11 is 3.42. The Morgan fingerprint density at radius 1 is 1.53 bits per heavy atom. The molecular weight excluding hydrogens is 258 g/mol. The van der Waals surface area contributed by atoms with Crippen molar-refractivity contribution in [1.29, 1.82) is 0 Å². The molecule has 1 aromatic carbocycles. The van der Waals surface area contributed by atoms with Crippen LogP contribution in [-0.4, -0.2) is 25.4 Å². The Bertz CT molecular complexity index is 313. The van der Waals surface area contributed by atoms with Gasteiger partial charge in [0.25, 0.3) is 0 Å². The normalized spacial score (nSPS) is 12.5. The summed E-state index contributed by atoms with van der Waals surface area (Å²) in [5, 5.41) is 9.04. The fourth-order valence-electron chi connectivity index (χ4n) is 1.39. The zero-order valence-corrected chi connectivity index (χ0v) is 10.3. The van der Waals surface area contributed by atoms with Gasteiger partial charge in [-0.3, -0.25) is 0 Å². The van der Waals surface area contributed by atoms with Crippen molar-refractivity contribution < 1.29 is 9.84 Å². The highest BCUT2D eigenvalue weighted by Gasteiger charge is 2.08. The number of hydrogen-bond donors (Lipinski definition) is 2. The van der Waals surface area contributed by atoms with Crippen molar-refractivity contribution in [3.8, 4) is 5.75 Å². The Hall–Kier alpha value is -0.580. The second-order valence-electron chi connectivity index (χ2n) is 3.46. The highest BCUT2D eigenvalue weighted by atomic mass is 79.9. The number of rotatable bonds is 5. The van der Waals surface area contributed by atoms with Gasteiger partial charge in [0, 0.05) is 6.61 Å². The van der Waals surface area contributed by atoms with E-state index in [2.05, 4.69) is 15.9 Å². The van der Waals surface area contributed by atoms with Gasteiger partial charge in [-0.1, -0.05) is 6.07 Å². The fraction of sp³-hybridized carbons (Fsp3) is 0.455. The molecule has 4 heteroatoms. The second kappa shape index (κ2) is 6.10. The molecule has 1 atom stereocenters. The standard InChI is InChI=1S/C11H16BrNO2/c1-15-11-3-2-8(5-10(11)12)4-9(6-13)7-14/h2-3,5,9,14H,4,6-7,13H2,1H3/t9-/m0/s1. The summed E-state index contributed by atoms with van der Waals surface area (Å²) in [6.07, 6.45) is 0.787. The summed E-state index contributed by atoms with van der Waals surface area (Å²) in [5.41, 5.74) is 6.67. The molecule has 1 rings (SSSR count). The van der Waals surface area contributed by atoms with E-state index >= 15 is 0 Å². The van der Waals surface area contributed by atoms with Gasteiger partial charge in [-0.2, -0.15) is 0 Å². The fourth-order valence-corrected chi connectivity index (χ4v) is 1.98. The average molecular weight is 274 g/mol. The summed E-state index contributed by atoms with van der Waals surface area (Å²) in [7, 11) is 1.64. The van der Waals surface area contributed by atoms with Crippen molar-refractivity contribution in [3.05, 3.63) is 28.2 Å². The molecule has 0 saturated carbocycles. The number of nitrogens with two attached hydrogens (primary N) is 1. The molecule has 0 heterocycles. The Morgan fingerprint density at radius 2 is 2.27 bits per heavy atom. The summed E-state index contributed by atoms with van der Waals surface area (Å²) < 4.78 is 6.06. The lowest BCUT2D eigenvalue weighted by Crippen LogP contribution is -2.20. The lowest BCUT2D eigenvalue weighted by molar-refractivity contribution is 0.230. The SMILES string of the molecule is COc1ccc(C[C@@H](CN)CO)cc1Br. The van der Waals surface area contributed by atoms with E-state index < -0.39 is 0 Å². The molecule has 0 aliphatic rings. The zero-order chi connectivity index (χ0) is 11.3. The van der Waals surface area contributed by atoms with E-state index in [1.165, 1.54) is 0 Å². The van der Waals surface area contributed by atoms with Crippen LogP contribution in [0, 0.1) is 5.92 Å². The van der Waals surface area contributed by atoms with Gasteiger partial charge in [0.15, 0.2) is 0 Å². The van der Waals surface area contributed by atoms with Crippen molar-refractivity contribution >= 4 is 15.9 Å². The second-order valence-corrected chi connectivity index (χ2v) is 4.31. The Morgan fingerprint density at radius 3 is 2.73 bits per heavy atom. The molecule has 0 saturated heterocycles. The minimum Gasteiger partial charge on any atom is -0.496 e. The van der Waals surface area contributed by atoms with Gasteiger partial charge in [-0.15, -0.1) is 0 Å². The van der Waals surface area contributed by atoms with Crippen molar-refractivity contribution in [3.63, 3.8) is 0 Å². The van der Waals surface area contributed by atoms with Gasteiger partial charge in [0.2, 0.25) is 0 Å². The minimum absolute atomic E-state index is 0.125. The van der Waals surface area contributed by atoms with Crippen LogP contribution in [0.1, 0.15) is 5.56 Å². The van der Waals surface area contributed by atoms with Crippen molar-refractivity contribution in [2.24, 2.45) is 11.7 Å². The Balaban J connectivity index is 2.74. The van der Waals surface area contributed by atoms with Crippen LogP contribution in [-0.2, 0) is 6.42 Å². The van der Waals surface area contributed by atoms with Gasteiger partial charge in [0.1, 0.15) is 5.75 Å². The smallest absolute Gasteiger partial charge is 0.133 e. The summed E-state index contributed by atoms with van der Waals surface area (Å²) in [6, 6.07) is 5.89. The van der Waals surface area contributed by atoms with E-state index in [1.807, 2.05) is 18.2 Å². The van der Waals surface area contributed by atoms with Gasteiger partial charge in [0.05, 0.1) is 11.6 Å². The van der Waals surface area contributed by atoms with Crippen LogP contribution in [0.5, 0.6) is 5.75 Å². The molecule has 3 N–H and O–H groups in total. The predicted molar refractivity (Wildman–Crippen MR) is 64.0 cm³/mol. The quantitative estimate of drug-likeness (QED) is 0.856. The first-order valence-electron chi connectivity index (χ1n) is 4.84. The van der Waals surface area contributed by atoms with Crippen LogP contribution in [0.25, 0.3) is 0 Å². The summed E-state index contributed by atoms with van der Waals surface area (Å²) in [4.78, 5) is 0. The first-order chi connectivity index (χ1) is 7.21. The largest absolute Gasteiger partial charge is 0.496 e. The number of aliphatic hydroxyl groups is 1. The molecule has 0 aromatic heterocycles. The van der Waals surface area contributed by atoms with Crippen molar-refractivity contribution in [1.82, 2.24) is 0 Å². The molecular formula is C11H16BrNO2. The number of aliphatic hydroxyl groups excluding tert-OH is 1. The Labute approximate surface area is 98.4 Å². The van der Waals surface area contributed by atoms with E-state index in [1.54, 1.807) is 7.11 Å². The third-order valence-corrected chi connectivity index (χ3v) is 2.95. The molecule has 0 bridgehead atoms. The molecule has 84 valence electrons. The molecule has 0 spiro atoms. The summed E-state index contributed by atoms with van der Waals surface area (Å²) in [6.45, 7) is 0.625. The van der Waals surface area contributed by atoms with Gasteiger partial charge in [-0.05, 0) is 52.5 Å². The molecule has 15 heavy (non-hydrogen) atoms. The lowest BCUT2D eigenvalue weighted by atomic mass is 10.0. The van der Waals surface area contributed by atoms with Crippen LogP contribution < -0.4 is 10.5 Å². The number of ether oxygens (including phenoxy) is 1. The van der Waals surface area contributed by atoms with Gasteiger partial charge < -0.3 is 15.6 Å². The first kappa shape index (κ1) is 12.5. The molecule has 1 aromatic rings. The van der Waals surface area contributed by atoms with Gasteiger partial charge >= 0.3 is 0 Å². The highest BCUT2D eigenvalue weighted by molar-refractivity contribution is 9.10. The van der Waals surface area contributed by atoms with Gasteiger partial charge in [-0.25, -0.2) is 0 Å². The third kappa shape index (κ3) is 3.48. The first-order valence-corrected chi connectivity index (χ1v) is 5.64. The van der Waals surface area contributed by atoms with Crippen molar-refractivity contribution in [2.45, 2.75) is 6.42 Å². The van der Waals surface area contributed by atoms with E-state index in [-0.39, 0.29) is 12.5 Å². The molecule has 0 aliphatic heterocycles. The average Bonchev–Trinajstić information content (AvgIpc) is 2.26. The molecule has 0 fully saturated rings. The highest BCUT2D eigenvalue weighted by Crippen LogP contribution is 2.26. The van der Waals surface area contributed by atoms with Crippen LogP contribution in [0.15, 0.2) is 22.7 Å². The van der Waals surface area contributed by atoms with Crippen LogP contribution in [0.2, 0.25) is 0 Å². The van der Waals surface area contributed by atoms with E-state index in [0.29, 0.717) is 6.54 Å². The monoisotopic (exact) mass is 273 g/mol. The number of hydrogen-bond acceptors (Lipinski definition) is 3. The topological polar surface area (TPSA) is 55.5 Å². The maximum absolute atomic E-state index is 9.04. The lowest BCUT2D eigenvalue weighted by Gasteiger charge is -2.12. The number of halogens is 1. The number of methoxy groups -OCH3 is 1.